The van der Waals surface area contributed by atoms with Crippen LogP contribution in [-0.2, 0) is 21.0 Å². The lowest BCUT2D eigenvalue weighted by atomic mass is 10.1. The number of rotatable bonds is 7. The van der Waals surface area contributed by atoms with Crippen molar-refractivity contribution in [2.24, 2.45) is 0 Å². The third-order valence-corrected chi connectivity index (χ3v) is 6.06. The predicted octanol–water partition coefficient (Wildman–Crippen LogP) is 4.63. The van der Waals surface area contributed by atoms with Gasteiger partial charge < -0.3 is 9.73 Å². The first-order valence-electron chi connectivity index (χ1n) is 9.15. The van der Waals surface area contributed by atoms with Gasteiger partial charge in [0.2, 0.25) is 15.9 Å². The molecule has 0 radical (unpaired) electrons. The van der Waals surface area contributed by atoms with E-state index in [9.17, 15) is 26.4 Å². The summed E-state index contributed by atoms with van der Waals surface area (Å²) in [5.74, 6) is 0.613. The average molecular weight is 488 g/mol. The maximum absolute atomic E-state index is 12.9. The molecule has 12 heteroatoms. The minimum atomic E-state index is -4.80. The lowest BCUT2D eigenvalue weighted by molar-refractivity contribution is -0.137. The van der Waals surface area contributed by atoms with Crippen molar-refractivity contribution < 1.29 is 30.8 Å². The smallest absolute Gasteiger partial charge is 0.417 e. The molecule has 0 atom stereocenters. The monoisotopic (exact) mass is 487 g/mol. The first-order chi connectivity index (χ1) is 15.0. The molecule has 3 aromatic rings. The number of amides is 1. The fourth-order valence-corrected chi connectivity index (χ4v) is 3.99. The molecule has 0 saturated carbocycles. The summed E-state index contributed by atoms with van der Waals surface area (Å²) in [6.07, 6.45) is -3.46. The first kappa shape index (κ1) is 23.8. The van der Waals surface area contributed by atoms with Gasteiger partial charge in [0.25, 0.3) is 0 Å². The Hall–Kier alpha value is -2.89. The maximum atomic E-state index is 12.9. The van der Waals surface area contributed by atoms with Crippen LogP contribution in [0.15, 0.2) is 58.0 Å². The maximum Gasteiger partial charge on any atom is 0.417 e. The molecule has 0 bridgehead atoms. The molecule has 1 heterocycles. The number of carbonyl (C=O) groups is 1. The molecule has 0 saturated heterocycles. The van der Waals surface area contributed by atoms with E-state index >= 15 is 0 Å². The highest BCUT2D eigenvalue weighted by molar-refractivity contribution is 7.89. The van der Waals surface area contributed by atoms with Gasteiger partial charge in [-0.25, -0.2) is 18.1 Å². The Balaban J connectivity index is 1.56. The lowest BCUT2D eigenvalue weighted by Crippen LogP contribution is -2.28. The number of oxazole rings is 1. The van der Waals surface area contributed by atoms with Crippen molar-refractivity contribution in [1.82, 2.24) is 9.71 Å². The molecule has 0 fully saturated rings. The molecule has 1 amide bonds. The fraction of sp³-hybridized carbons (Fsp3) is 0.200. The Morgan fingerprint density at radius 2 is 1.84 bits per heavy atom. The highest BCUT2D eigenvalue weighted by Gasteiger charge is 2.34. The van der Waals surface area contributed by atoms with Crippen molar-refractivity contribution in [2.45, 2.75) is 24.4 Å². The molecule has 1 aromatic heterocycles. The summed E-state index contributed by atoms with van der Waals surface area (Å²) in [7, 11) is -4.27. The number of anilines is 1. The quantitative estimate of drug-likeness (QED) is 0.506. The standard InChI is InChI=1S/C20H17ClF3N3O4S/c1-12-25-11-18(31-12)13-2-4-14(5-3-13)27-19(28)8-9-26-32(29,30)15-6-7-17(21)16(10-15)20(22,23)24/h2-7,10-11,26H,8-9H2,1H3,(H,27,28). The molecule has 0 aliphatic heterocycles. The number of sulfonamides is 1. The molecule has 3 rings (SSSR count). The number of nitrogens with zero attached hydrogens (tertiary/aromatic N) is 1. The topological polar surface area (TPSA) is 101 Å². The summed E-state index contributed by atoms with van der Waals surface area (Å²) in [6, 6.07) is 8.98. The van der Waals surface area contributed by atoms with Crippen LogP contribution in [-0.4, -0.2) is 25.9 Å². The number of aryl methyl sites for hydroxylation is 1. The first-order valence-corrected chi connectivity index (χ1v) is 11.0. The molecule has 2 N–H and O–H groups in total. The van der Waals surface area contributed by atoms with Gasteiger partial charge in [-0.05, 0) is 42.5 Å². The highest BCUT2D eigenvalue weighted by atomic mass is 35.5. The van der Waals surface area contributed by atoms with E-state index in [4.69, 9.17) is 16.0 Å². The van der Waals surface area contributed by atoms with Crippen molar-refractivity contribution >= 4 is 33.2 Å². The van der Waals surface area contributed by atoms with Crippen LogP contribution < -0.4 is 10.0 Å². The van der Waals surface area contributed by atoms with Gasteiger partial charge in [-0.3, -0.25) is 4.79 Å². The average Bonchev–Trinajstić information content (AvgIpc) is 3.14. The lowest BCUT2D eigenvalue weighted by Gasteiger charge is -2.12. The van der Waals surface area contributed by atoms with Gasteiger partial charge in [0.05, 0.1) is 21.7 Å². The summed E-state index contributed by atoms with van der Waals surface area (Å²) in [6.45, 7) is 1.40. The van der Waals surface area contributed by atoms with Crippen LogP contribution in [0.5, 0.6) is 0 Å². The Labute approximate surface area is 186 Å². The number of hydrogen-bond donors (Lipinski definition) is 2. The van der Waals surface area contributed by atoms with E-state index in [2.05, 4.69) is 15.0 Å². The molecule has 0 unspecified atom stereocenters. The van der Waals surface area contributed by atoms with Gasteiger partial charge in [0.1, 0.15) is 0 Å². The number of aromatic nitrogens is 1. The van der Waals surface area contributed by atoms with Gasteiger partial charge >= 0.3 is 6.18 Å². The Morgan fingerprint density at radius 3 is 2.44 bits per heavy atom. The molecular formula is C20H17ClF3N3O4S. The SMILES string of the molecule is Cc1ncc(-c2ccc(NC(=O)CCNS(=O)(=O)c3ccc(Cl)c(C(F)(F)F)c3)cc2)o1. The summed E-state index contributed by atoms with van der Waals surface area (Å²) in [4.78, 5) is 15.5. The van der Waals surface area contributed by atoms with Crippen molar-refractivity contribution in [3.8, 4) is 11.3 Å². The number of hydrogen-bond acceptors (Lipinski definition) is 5. The Morgan fingerprint density at radius 1 is 1.16 bits per heavy atom. The van der Waals surface area contributed by atoms with E-state index in [0.29, 0.717) is 23.4 Å². The van der Waals surface area contributed by atoms with Gasteiger partial charge in [0, 0.05) is 31.1 Å². The van der Waals surface area contributed by atoms with E-state index in [-0.39, 0.29) is 13.0 Å². The molecule has 0 spiro atoms. The number of alkyl halides is 3. The number of halogens is 4. The second kappa shape index (κ2) is 9.31. The van der Waals surface area contributed by atoms with Crippen molar-refractivity contribution in [3.63, 3.8) is 0 Å². The van der Waals surface area contributed by atoms with E-state index in [1.807, 2.05) is 0 Å². The Bertz CT molecular complexity index is 1230. The van der Waals surface area contributed by atoms with Crippen LogP contribution in [0.25, 0.3) is 11.3 Å². The van der Waals surface area contributed by atoms with Crippen LogP contribution in [0.4, 0.5) is 18.9 Å². The molecule has 170 valence electrons. The fourth-order valence-electron chi connectivity index (χ4n) is 2.71. The summed E-state index contributed by atoms with van der Waals surface area (Å²) in [5, 5.41) is 1.99. The third kappa shape index (κ3) is 5.87. The van der Waals surface area contributed by atoms with Crippen molar-refractivity contribution in [2.75, 3.05) is 11.9 Å². The van der Waals surface area contributed by atoms with Crippen LogP contribution in [0.2, 0.25) is 5.02 Å². The van der Waals surface area contributed by atoms with E-state index in [1.165, 1.54) is 0 Å². The number of nitrogens with one attached hydrogen (secondary N) is 2. The van der Waals surface area contributed by atoms with Crippen LogP contribution in [0.1, 0.15) is 17.9 Å². The van der Waals surface area contributed by atoms with Gasteiger partial charge in [-0.1, -0.05) is 11.6 Å². The summed E-state index contributed by atoms with van der Waals surface area (Å²) < 4.78 is 70.9. The summed E-state index contributed by atoms with van der Waals surface area (Å²) in [5.41, 5.74) is -0.0216. The molecule has 7 nitrogen and oxygen atoms in total. The Kier molecular flexibility index (Phi) is 6.91. The van der Waals surface area contributed by atoms with Crippen molar-refractivity contribution in [3.05, 3.63) is 65.1 Å². The van der Waals surface area contributed by atoms with Gasteiger partial charge in [-0.15, -0.1) is 0 Å². The van der Waals surface area contributed by atoms with E-state index in [0.717, 1.165) is 17.7 Å². The summed E-state index contributed by atoms with van der Waals surface area (Å²) >= 11 is 5.50. The number of benzene rings is 2. The molecular weight excluding hydrogens is 471 g/mol. The minimum Gasteiger partial charge on any atom is -0.441 e. The number of carbonyl (C=O) groups excluding carboxylic acids is 1. The second-order valence-electron chi connectivity index (χ2n) is 6.66. The highest BCUT2D eigenvalue weighted by Crippen LogP contribution is 2.35. The predicted molar refractivity (Wildman–Crippen MR) is 112 cm³/mol. The molecule has 32 heavy (non-hydrogen) atoms. The van der Waals surface area contributed by atoms with Crippen molar-refractivity contribution in [1.29, 1.82) is 0 Å². The van der Waals surface area contributed by atoms with Crippen LogP contribution in [0, 0.1) is 6.92 Å². The third-order valence-electron chi connectivity index (χ3n) is 4.27. The van der Waals surface area contributed by atoms with E-state index in [1.54, 1.807) is 37.4 Å². The van der Waals surface area contributed by atoms with Gasteiger partial charge in [-0.2, -0.15) is 13.2 Å². The minimum absolute atomic E-state index is 0.234. The normalized spacial score (nSPS) is 12.0. The van der Waals surface area contributed by atoms with Crippen LogP contribution in [0.3, 0.4) is 0 Å². The zero-order chi connectivity index (χ0) is 23.5. The molecule has 0 aliphatic rings. The van der Waals surface area contributed by atoms with Gasteiger partial charge in [0.15, 0.2) is 11.7 Å². The molecule has 0 aliphatic carbocycles. The zero-order valence-electron chi connectivity index (χ0n) is 16.5. The van der Waals surface area contributed by atoms with E-state index < -0.39 is 37.6 Å². The largest absolute Gasteiger partial charge is 0.441 e. The molecule has 2 aromatic carbocycles. The zero-order valence-corrected chi connectivity index (χ0v) is 18.1. The van der Waals surface area contributed by atoms with Crippen LogP contribution >= 0.6 is 11.6 Å². The second-order valence-corrected chi connectivity index (χ2v) is 8.83.